The summed E-state index contributed by atoms with van der Waals surface area (Å²) in [5, 5.41) is 3.25. The lowest BCUT2D eigenvalue weighted by molar-refractivity contribution is 0.312. The Hall–Kier alpha value is -2.23. The highest BCUT2D eigenvalue weighted by Gasteiger charge is 1.96. The van der Waals surface area contributed by atoms with Gasteiger partial charge in [0.1, 0.15) is 17.3 Å². The van der Waals surface area contributed by atoms with E-state index in [1.807, 2.05) is 49.4 Å². The highest BCUT2D eigenvalue weighted by Crippen LogP contribution is 2.17. The van der Waals surface area contributed by atoms with E-state index < -0.39 is 0 Å². The minimum absolute atomic E-state index is 0.674. The number of hydrogen-bond donors (Lipinski definition) is 1. The molecular formula is C16H20N2O2. The van der Waals surface area contributed by atoms with Gasteiger partial charge in [-0.2, -0.15) is 0 Å². The van der Waals surface area contributed by atoms with Crippen LogP contribution in [0.25, 0.3) is 0 Å². The Morgan fingerprint density at radius 2 is 1.75 bits per heavy atom. The summed E-state index contributed by atoms with van der Waals surface area (Å²) in [7, 11) is 0. The summed E-state index contributed by atoms with van der Waals surface area (Å²) in [6.07, 6.45) is 2.70. The van der Waals surface area contributed by atoms with Gasteiger partial charge in [0.15, 0.2) is 0 Å². The first-order valence-corrected chi connectivity index (χ1v) is 6.89. The highest BCUT2D eigenvalue weighted by atomic mass is 16.5. The zero-order chi connectivity index (χ0) is 14.0. The van der Waals surface area contributed by atoms with Gasteiger partial charge in [-0.3, -0.25) is 0 Å². The molecule has 0 aliphatic heterocycles. The fourth-order valence-corrected chi connectivity index (χ4v) is 1.74. The number of anilines is 1. The molecule has 0 saturated heterocycles. The lowest BCUT2D eigenvalue weighted by atomic mass is 10.3. The van der Waals surface area contributed by atoms with Crippen LogP contribution in [0.1, 0.15) is 13.3 Å². The second kappa shape index (κ2) is 8.04. The number of nitrogens with one attached hydrogen (secondary N) is 1. The second-order valence-corrected chi connectivity index (χ2v) is 4.25. The van der Waals surface area contributed by atoms with E-state index >= 15 is 0 Å². The van der Waals surface area contributed by atoms with Gasteiger partial charge in [-0.15, -0.1) is 0 Å². The molecule has 1 aromatic heterocycles. The van der Waals surface area contributed by atoms with Crippen LogP contribution in [0.3, 0.4) is 0 Å². The molecule has 0 amide bonds. The van der Waals surface area contributed by atoms with Gasteiger partial charge in [0.25, 0.3) is 0 Å². The third-order valence-electron chi connectivity index (χ3n) is 2.70. The summed E-state index contributed by atoms with van der Waals surface area (Å²) in [5.41, 5.74) is 0. The van der Waals surface area contributed by atoms with Gasteiger partial charge in [0.2, 0.25) is 0 Å². The maximum atomic E-state index is 5.66. The minimum atomic E-state index is 0.674. The Morgan fingerprint density at radius 1 is 1.00 bits per heavy atom. The molecule has 0 radical (unpaired) electrons. The molecule has 20 heavy (non-hydrogen) atoms. The summed E-state index contributed by atoms with van der Waals surface area (Å²) >= 11 is 0. The van der Waals surface area contributed by atoms with E-state index in [0.717, 1.165) is 30.3 Å². The van der Waals surface area contributed by atoms with Crippen molar-refractivity contribution in [3.05, 3.63) is 48.7 Å². The molecule has 106 valence electrons. The monoisotopic (exact) mass is 272 g/mol. The summed E-state index contributed by atoms with van der Waals surface area (Å²) in [5.74, 6) is 2.64. The lowest BCUT2D eigenvalue weighted by Gasteiger charge is -2.08. The first-order chi connectivity index (χ1) is 9.88. The van der Waals surface area contributed by atoms with Crippen LogP contribution in [0.2, 0.25) is 0 Å². The Morgan fingerprint density at radius 3 is 2.40 bits per heavy atom. The molecular weight excluding hydrogens is 252 g/mol. The van der Waals surface area contributed by atoms with Gasteiger partial charge in [-0.1, -0.05) is 6.07 Å². The van der Waals surface area contributed by atoms with E-state index in [1.54, 1.807) is 6.20 Å². The molecule has 1 heterocycles. The highest BCUT2D eigenvalue weighted by molar-refractivity contribution is 5.33. The first-order valence-electron chi connectivity index (χ1n) is 6.89. The van der Waals surface area contributed by atoms with Crippen LogP contribution >= 0.6 is 0 Å². The maximum Gasteiger partial charge on any atom is 0.125 e. The Bertz CT molecular complexity index is 486. The van der Waals surface area contributed by atoms with Crippen LogP contribution in [0.4, 0.5) is 5.82 Å². The molecule has 0 spiro atoms. The van der Waals surface area contributed by atoms with Crippen LogP contribution in [0, 0.1) is 0 Å². The van der Waals surface area contributed by atoms with Gasteiger partial charge in [-0.25, -0.2) is 4.98 Å². The largest absolute Gasteiger partial charge is 0.494 e. The summed E-state index contributed by atoms with van der Waals surface area (Å²) < 4.78 is 11.0. The van der Waals surface area contributed by atoms with Gasteiger partial charge < -0.3 is 14.8 Å². The molecule has 2 aromatic rings. The number of benzene rings is 1. The fraction of sp³-hybridized carbons (Fsp3) is 0.312. The molecule has 0 fully saturated rings. The smallest absolute Gasteiger partial charge is 0.125 e. The number of pyridine rings is 1. The Kier molecular flexibility index (Phi) is 5.71. The van der Waals surface area contributed by atoms with Gasteiger partial charge >= 0.3 is 0 Å². The van der Waals surface area contributed by atoms with Gasteiger partial charge in [0, 0.05) is 12.7 Å². The van der Waals surface area contributed by atoms with Crippen LogP contribution in [-0.2, 0) is 0 Å². The molecule has 0 atom stereocenters. The summed E-state index contributed by atoms with van der Waals surface area (Å²) in [6, 6.07) is 13.5. The molecule has 0 bridgehead atoms. The molecule has 1 aromatic carbocycles. The minimum Gasteiger partial charge on any atom is -0.494 e. The number of ether oxygens (including phenoxy) is 2. The van der Waals surface area contributed by atoms with Crippen molar-refractivity contribution >= 4 is 5.82 Å². The number of hydrogen-bond acceptors (Lipinski definition) is 4. The first kappa shape index (κ1) is 14.2. The zero-order valence-electron chi connectivity index (χ0n) is 11.7. The van der Waals surface area contributed by atoms with Crippen molar-refractivity contribution < 1.29 is 9.47 Å². The van der Waals surface area contributed by atoms with Crippen LogP contribution in [-0.4, -0.2) is 24.7 Å². The lowest BCUT2D eigenvalue weighted by Crippen LogP contribution is -2.08. The molecule has 0 aliphatic rings. The van der Waals surface area contributed by atoms with E-state index in [-0.39, 0.29) is 0 Å². The predicted molar refractivity (Wildman–Crippen MR) is 80.4 cm³/mol. The predicted octanol–water partition coefficient (Wildman–Crippen LogP) is 3.36. The standard InChI is InChI=1S/C16H20N2O2/c1-2-19-14-7-9-15(10-8-14)20-13-5-12-18-16-6-3-4-11-17-16/h3-4,6-11H,2,5,12-13H2,1H3,(H,17,18). The van der Waals surface area contributed by atoms with Crippen molar-refractivity contribution in [1.29, 1.82) is 0 Å². The van der Waals surface area contributed by atoms with E-state index in [9.17, 15) is 0 Å². The second-order valence-electron chi connectivity index (χ2n) is 4.25. The number of rotatable bonds is 8. The van der Waals surface area contributed by atoms with Crippen molar-refractivity contribution in [2.75, 3.05) is 25.1 Å². The Labute approximate surface area is 119 Å². The fourth-order valence-electron chi connectivity index (χ4n) is 1.74. The van der Waals surface area contributed by atoms with Gasteiger partial charge in [-0.05, 0) is 49.7 Å². The summed E-state index contributed by atoms with van der Waals surface area (Å²) in [6.45, 7) is 4.17. The Balaban J connectivity index is 1.63. The van der Waals surface area contributed by atoms with E-state index in [1.165, 1.54) is 0 Å². The van der Waals surface area contributed by atoms with E-state index in [0.29, 0.717) is 13.2 Å². The van der Waals surface area contributed by atoms with E-state index in [4.69, 9.17) is 9.47 Å². The van der Waals surface area contributed by atoms with Crippen LogP contribution < -0.4 is 14.8 Å². The number of nitrogens with zero attached hydrogens (tertiary/aromatic N) is 1. The van der Waals surface area contributed by atoms with Crippen molar-refractivity contribution in [2.45, 2.75) is 13.3 Å². The number of aromatic nitrogens is 1. The molecule has 4 heteroatoms. The van der Waals surface area contributed by atoms with Crippen molar-refractivity contribution in [1.82, 2.24) is 4.98 Å². The molecule has 4 nitrogen and oxygen atoms in total. The maximum absolute atomic E-state index is 5.66. The van der Waals surface area contributed by atoms with Crippen molar-refractivity contribution in [3.8, 4) is 11.5 Å². The average molecular weight is 272 g/mol. The molecule has 2 rings (SSSR count). The van der Waals surface area contributed by atoms with Crippen molar-refractivity contribution in [2.24, 2.45) is 0 Å². The molecule has 0 unspecified atom stereocenters. The average Bonchev–Trinajstić information content (AvgIpc) is 2.50. The van der Waals surface area contributed by atoms with Crippen LogP contribution in [0.5, 0.6) is 11.5 Å². The SMILES string of the molecule is CCOc1ccc(OCCCNc2ccccn2)cc1. The molecule has 0 saturated carbocycles. The summed E-state index contributed by atoms with van der Waals surface area (Å²) in [4.78, 5) is 4.20. The molecule has 0 aliphatic carbocycles. The van der Waals surface area contributed by atoms with E-state index in [2.05, 4.69) is 10.3 Å². The quantitative estimate of drug-likeness (QED) is 0.748. The normalized spacial score (nSPS) is 10.1. The van der Waals surface area contributed by atoms with Gasteiger partial charge in [0.05, 0.1) is 13.2 Å². The third kappa shape index (κ3) is 4.80. The third-order valence-corrected chi connectivity index (χ3v) is 2.70. The van der Waals surface area contributed by atoms with Crippen molar-refractivity contribution in [3.63, 3.8) is 0 Å². The topological polar surface area (TPSA) is 43.4 Å². The zero-order valence-corrected chi connectivity index (χ0v) is 11.7. The molecule has 1 N–H and O–H groups in total. The van der Waals surface area contributed by atoms with Crippen LogP contribution in [0.15, 0.2) is 48.7 Å².